The molecule has 1 nitrogen and oxygen atoms in total. The highest BCUT2D eigenvalue weighted by atomic mass is 31.2. The predicted molar refractivity (Wildman–Crippen MR) is 109 cm³/mol. The second-order valence-corrected chi connectivity index (χ2v) is 9.39. The standard InChI is InChI=1S/C23H25OP/c24-25(22-16-8-2-9-17-22,23-18-10-3-11-19-23)20-12-4-7-15-21-13-5-1-6-14-21/h1-3,5-6,8-11,13-14,16-19H,4,7,12,15,20H2. The average Bonchev–Trinajstić information content (AvgIpc) is 2.70. The minimum Gasteiger partial charge on any atom is -0.314 e. The molecule has 0 radical (unpaired) electrons. The highest BCUT2D eigenvalue weighted by Gasteiger charge is 2.26. The van der Waals surface area contributed by atoms with Crippen molar-refractivity contribution < 1.29 is 4.57 Å². The summed E-state index contributed by atoms with van der Waals surface area (Å²) in [7, 11) is -2.54. The van der Waals surface area contributed by atoms with E-state index in [9.17, 15) is 4.57 Å². The maximum Gasteiger partial charge on any atom is 0.143 e. The van der Waals surface area contributed by atoms with Crippen molar-refractivity contribution in [1.29, 1.82) is 0 Å². The van der Waals surface area contributed by atoms with Gasteiger partial charge in [0.05, 0.1) is 0 Å². The van der Waals surface area contributed by atoms with E-state index in [0.29, 0.717) is 0 Å². The van der Waals surface area contributed by atoms with Gasteiger partial charge in [0, 0.05) is 16.8 Å². The van der Waals surface area contributed by atoms with Gasteiger partial charge in [-0.3, -0.25) is 0 Å². The number of unbranched alkanes of at least 4 members (excludes halogenated alkanes) is 2. The molecule has 0 aromatic heterocycles. The van der Waals surface area contributed by atoms with Crippen LogP contribution in [0.1, 0.15) is 24.8 Å². The predicted octanol–water partition coefficient (Wildman–Crippen LogP) is 5.41. The van der Waals surface area contributed by atoms with Crippen LogP contribution < -0.4 is 10.6 Å². The Labute approximate surface area is 151 Å². The van der Waals surface area contributed by atoms with Crippen molar-refractivity contribution in [3.63, 3.8) is 0 Å². The first-order valence-corrected chi connectivity index (χ1v) is 10.9. The summed E-state index contributed by atoms with van der Waals surface area (Å²) in [4.78, 5) is 0. The lowest BCUT2D eigenvalue weighted by atomic mass is 10.1. The molecule has 0 amide bonds. The molecule has 0 atom stereocenters. The molecule has 25 heavy (non-hydrogen) atoms. The van der Waals surface area contributed by atoms with Gasteiger partial charge in [-0.05, 0) is 24.8 Å². The van der Waals surface area contributed by atoms with E-state index < -0.39 is 7.14 Å². The molecule has 3 aromatic rings. The van der Waals surface area contributed by atoms with E-state index in [1.165, 1.54) is 5.56 Å². The van der Waals surface area contributed by atoms with E-state index in [1.54, 1.807) is 0 Å². The monoisotopic (exact) mass is 348 g/mol. The van der Waals surface area contributed by atoms with E-state index in [0.717, 1.165) is 42.5 Å². The van der Waals surface area contributed by atoms with E-state index >= 15 is 0 Å². The summed E-state index contributed by atoms with van der Waals surface area (Å²) in [5, 5.41) is 1.95. The molecule has 0 aliphatic carbocycles. The summed E-state index contributed by atoms with van der Waals surface area (Å²) in [5.74, 6) is 0. The molecule has 0 bridgehead atoms. The summed E-state index contributed by atoms with van der Waals surface area (Å²) in [6.07, 6.45) is 5.09. The van der Waals surface area contributed by atoms with Gasteiger partial charge in [0.1, 0.15) is 7.14 Å². The van der Waals surface area contributed by atoms with E-state index in [1.807, 2.05) is 60.7 Å². The Balaban J connectivity index is 1.64. The van der Waals surface area contributed by atoms with Gasteiger partial charge in [0.2, 0.25) is 0 Å². The van der Waals surface area contributed by atoms with Gasteiger partial charge in [-0.15, -0.1) is 0 Å². The molecule has 0 saturated carbocycles. The molecular weight excluding hydrogens is 323 g/mol. The molecule has 0 aliphatic rings. The van der Waals surface area contributed by atoms with Crippen LogP contribution in [-0.4, -0.2) is 6.16 Å². The van der Waals surface area contributed by atoms with Crippen LogP contribution in [0.25, 0.3) is 0 Å². The van der Waals surface area contributed by atoms with Crippen LogP contribution in [0.4, 0.5) is 0 Å². The lowest BCUT2D eigenvalue weighted by molar-refractivity contribution is 0.583. The molecule has 128 valence electrons. The van der Waals surface area contributed by atoms with Gasteiger partial charge < -0.3 is 4.57 Å². The van der Waals surface area contributed by atoms with Crippen LogP contribution in [0, 0.1) is 0 Å². The third-order valence-corrected chi connectivity index (χ3v) is 7.84. The number of hydrogen-bond donors (Lipinski definition) is 0. The van der Waals surface area contributed by atoms with E-state index in [4.69, 9.17) is 0 Å². The van der Waals surface area contributed by atoms with Gasteiger partial charge in [0.15, 0.2) is 0 Å². The van der Waals surface area contributed by atoms with Gasteiger partial charge >= 0.3 is 0 Å². The first-order chi connectivity index (χ1) is 12.3. The SMILES string of the molecule is O=P(CCCCCc1ccccc1)(c1ccccc1)c1ccccc1. The highest BCUT2D eigenvalue weighted by Crippen LogP contribution is 2.44. The molecule has 0 unspecified atom stereocenters. The van der Waals surface area contributed by atoms with Gasteiger partial charge in [0.25, 0.3) is 0 Å². The Morgan fingerprint density at radius 1 is 0.560 bits per heavy atom. The van der Waals surface area contributed by atoms with Gasteiger partial charge in [-0.2, -0.15) is 0 Å². The van der Waals surface area contributed by atoms with Crippen LogP contribution in [0.5, 0.6) is 0 Å². The summed E-state index contributed by atoms with van der Waals surface area (Å²) >= 11 is 0. The molecular formula is C23H25OP. The van der Waals surface area contributed by atoms with Crippen LogP contribution in [-0.2, 0) is 11.0 Å². The van der Waals surface area contributed by atoms with Crippen LogP contribution >= 0.6 is 7.14 Å². The largest absolute Gasteiger partial charge is 0.314 e. The summed E-state index contributed by atoms with van der Waals surface area (Å²) in [6.45, 7) is 0. The number of aryl methyl sites for hydroxylation is 1. The molecule has 0 heterocycles. The maximum absolute atomic E-state index is 13.8. The zero-order valence-corrected chi connectivity index (χ0v) is 15.4. The maximum atomic E-state index is 13.8. The Kier molecular flexibility index (Phi) is 6.25. The summed E-state index contributed by atoms with van der Waals surface area (Å²) in [5.41, 5.74) is 1.39. The molecule has 0 spiro atoms. The fraction of sp³-hybridized carbons (Fsp3) is 0.217. The minimum atomic E-state index is -2.54. The summed E-state index contributed by atoms with van der Waals surface area (Å²) in [6, 6.07) is 30.6. The highest BCUT2D eigenvalue weighted by molar-refractivity contribution is 7.78. The van der Waals surface area contributed by atoms with Crippen LogP contribution in [0.15, 0.2) is 91.0 Å². The third kappa shape index (κ3) is 4.71. The second kappa shape index (κ2) is 8.83. The first kappa shape index (κ1) is 17.7. The van der Waals surface area contributed by atoms with Crippen molar-refractivity contribution in [3.8, 4) is 0 Å². The fourth-order valence-electron chi connectivity index (χ4n) is 3.23. The zero-order valence-electron chi connectivity index (χ0n) is 14.6. The smallest absolute Gasteiger partial charge is 0.143 e. The van der Waals surface area contributed by atoms with Crippen molar-refractivity contribution >= 4 is 17.8 Å². The van der Waals surface area contributed by atoms with Crippen LogP contribution in [0.2, 0.25) is 0 Å². The van der Waals surface area contributed by atoms with Crippen LogP contribution in [0.3, 0.4) is 0 Å². The Morgan fingerprint density at radius 2 is 1.04 bits per heavy atom. The Morgan fingerprint density at radius 3 is 1.56 bits per heavy atom. The van der Waals surface area contributed by atoms with Crippen molar-refractivity contribution in [1.82, 2.24) is 0 Å². The molecule has 3 aromatic carbocycles. The summed E-state index contributed by atoms with van der Waals surface area (Å²) < 4.78 is 13.8. The van der Waals surface area contributed by atoms with Gasteiger partial charge in [-0.1, -0.05) is 97.4 Å². The lowest BCUT2D eigenvalue weighted by Gasteiger charge is -2.19. The molecule has 3 rings (SSSR count). The number of benzene rings is 3. The van der Waals surface area contributed by atoms with Crippen molar-refractivity contribution in [3.05, 3.63) is 96.6 Å². The molecule has 2 heteroatoms. The quantitative estimate of drug-likeness (QED) is 0.393. The van der Waals surface area contributed by atoms with E-state index in [-0.39, 0.29) is 0 Å². The molecule has 0 saturated heterocycles. The molecule has 0 fully saturated rings. The van der Waals surface area contributed by atoms with E-state index in [2.05, 4.69) is 30.3 Å². The third-order valence-electron chi connectivity index (χ3n) is 4.63. The second-order valence-electron chi connectivity index (χ2n) is 6.43. The lowest BCUT2D eigenvalue weighted by Crippen LogP contribution is -2.18. The molecule has 0 aliphatic heterocycles. The first-order valence-electron chi connectivity index (χ1n) is 9.03. The van der Waals surface area contributed by atoms with Crippen molar-refractivity contribution in [2.45, 2.75) is 25.7 Å². The number of rotatable bonds is 8. The average molecular weight is 348 g/mol. The Bertz CT molecular complexity index is 754. The Hall–Kier alpha value is -2.11. The zero-order chi connectivity index (χ0) is 17.4. The van der Waals surface area contributed by atoms with Gasteiger partial charge in [-0.25, -0.2) is 0 Å². The minimum absolute atomic E-state index is 0.746. The topological polar surface area (TPSA) is 17.1 Å². The normalized spacial score (nSPS) is 11.4. The number of hydrogen-bond acceptors (Lipinski definition) is 1. The fourth-order valence-corrected chi connectivity index (χ4v) is 6.02. The van der Waals surface area contributed by atoms with Crippen molar-refractivity contribution in [2.24, 2.45) is 0 Å². The van der Waals surface area contributed by atoms with Crippen molar-refractivity contribution in [2.75, 3.05) is 6.16 Å². The molecule has 0 N–H and O–H groups in total.